The summed E-state index contributed by atoms with van der Waals surface area (Å²) in [6, 6.07) is 20.0. The third kappa shape index (κ3) is 5.38. The number of hydrogen-bond acceptors (Lipinski definition) is 6. The SMILES string of the molecule is CC(C)(CNC(=O)CSc1nnc(-c2ccccc2)n1-c1ccccc1)N1CCOCC1. The second-order valence-electron chi connectivity index (χ2n) is 8.32. The van der Waals surface area contributed by atoms with Gasteiger partial charge in [0.1, 0.15) is 0 Å². The molecule has 1 amide bonds. The second-order valence-corrected chi connectivity index (χ2v) is 9.26. The first-order valence-corrected chi connectivity index (χ1v) is 11.8. The molecule has 1 aliphatic rings. The maximum absolute atomic E-state index is 12.6. The van der Waals surface area contributed by atoms with E-state index in [0.717, 1.165) is 43.4 Å². The molecule has 1 N–H and O–H groups in total. The van der Waals surface area contributed by atoms with Crippen molar-refractivity contribution in [1.29, 1.82) is 0 Å². The van der Waals surface area contributed by atoms with Crippen molar-refractivity contribution in [3.05, 3.63) is 60.7 Å². The normalized spacial score (nSPS) is 14.9. The molecule has 0 aliphatic carbocycles. The van der Waals surface area contributed by atoms with E-state index in [2.05, 4.69) is 34.3 Å². The minimum absolute atomic E-state index is 0.0137. The number of thioether (sulfide) groups is 1. The fourth-order valence-electron chi connectivity index (χ4n) is 3.72. The van der Waals surface area contributed by atoms with Crippen molar-refractivity contribution >= 4 is 17.7 Å². The first-order valence-electron chi connectivity index (χ1n) is 10.8. The van der Waals surface area contributed by atoms with Crippen LogP contribution in [0.1, 0.15) is 13.8 Å². The fraction of sp³-hybridized carbons (Fsp3) is 0.375. The molecule has 1 fully saturated rings. The fourth-order valence-corrected chi connectivity index (χ4v) is 4.51. The first-order chi connectivity index (χ1) is 15.5. The van der Waals surface area contributed by atoms with Gasteiger partial charge in [-0.25, -0.2) is 0 Å². The summed E-state index contributed by atoms with van der Waals surface area (Å²) in [6.45, 7) is 8.17. The van der Waals surface area contributed by atoms with Crippen molar-refractivity contribution in [2.75, 3.05) is 38.6 Å². The molecule has 1 aromatic heterocycles. The van der Waals surface area contributed by atoms with Gasteiger partial charge in [-0.2, -0.15) is 0 Å². The lowest BCUT2D eigenvalue weighted by molar-refractivity contribution is -0.119. The molecule has 0 bridgehead atoms. The van der Waals surface area contributed by atoms with E-state index in [1.54, 1.807) is 0 Å². The van der Waals surface area contributed by atoms with E-state index in [-0.39, 0.29) is 17.2 Å². The lowest BCUT2D eigenvalue weighted by Crippen LogP contribution is -2.55. The molecule has 4 rings (SSSR count). The molecule has 1 aliphatic heterocycles. The van der Waals surface area contributed by atoms with Crippen LogP contribution in [0, 0.1) is 0 Å². The van der Waals surface area contributed by atoms with E-state index >= 15 is 0 Å². The highest BCUT2D eigenvalue weighted by molar-refractivity contribution is 7.99. The molecule has 0 saturated carbocycles. The molecule has 0 spiro atoms. The van der Waals surface area contributed by atoms with Crippen LogP contribution < -0.4 is 5.32 Å². The second kappa shape index (κ2) is 10.3. The van der Waals surface area contributed by atoms with Crippen molar-refractivity contribution in [2.24, 2.45) is 0 Å². The highest BCUT2D eigenvalue weighted by Gasteiger charge is 2.28. The highest BCUT2D eigenvalue weighted by Crippen LogP contribution is 2.27. The van der Waals surface area contributed by atoms with Gasteiger partial charge in [-0.1, -0.05) is 60.3 Å². The number of amides is 1. The van der Waals surface area contributed by atoms with Gasteiger partial charge in [-0.3, -0.25) is 14.3 Å². The van der Waals surface area contributed by atoms with Crippen LogP contribution in [-0.2, 0) is 9.53 Å². The lowest BCUT2D eigenvalue weighted by Gasteiger charge is -2.40. The van der Waals surface area contributed by atoms with Crippen molar-refractivity contribution in [2.45, 2.75) is 24.5 Å². The van der Waals surface area contributed by atoms with Crippen LogP contribution in [0.25, 0.3) is 17.1 Å². The smallest absolute Gasteiger partial charge is 0.230 e. The standard InChI is InChI=1S/C24H29N5O2S/c1-24(2,28-13-15-31-16-14-28)18-25-21(30)17-32-23-27-26-22(19-9-5-3-6-10-19)29(23)20-11-7-4-8-12-20/h3-12H,13-18H2,1-2H3,(H,25,30). The average molecular weight is 452 g/mol. The number of morpholine rings is 1. The minimum Gasteiger partial charge on any atom is -0.379 e. The van der Waals surface area contributed by atoms with Crippen LogP contribution in [0.3, 0.4) is 0 Å². The van der Waals surface area contributed by atoms with Crippen LogP contribution in [0.2, 0.25) is 0 Å². The molecule has 0 unspecified atom stereocenters. The van der Waals surface area contributed by atoms with Gasteiger partial charge in [0.2, 0.25) is 5.91 Å². The third-order valence-corrected chi connectivity index (χ3v) is 6.53. The molecule has 168 valence electrons. The Morgan fingerprint density at radius 2 is 1.69 bits per heavy atom. The zero-order chi connectivity index (χ0) is 22.4. The Hall–Kier alpha value is -2.68. The monoisotopic (exact) mass is 451 g/mol. The van der Waals surface area contributed by atoms with Gasteiger partial charge in [0.15, 0.2) is 11.0 Å². The van der Waals surface area contributed by atoms with Gasteiger partial charge in [0.05, 0.1) is 19.0 Å². The molecule has 2 aromatic carbocycles. The molecule has 2 heterocycles. The molecule has 0 atom stereocenters. The summed E-state index contributed by atoms with van der Waals surface area (Å²) >= 11 is 1.40. The predicted octanol–water partition coefficient (Wildman–Crippen LogP) is 3.25. The summed E-state index contributed by atoms with van der Waals surface area (Å²) < 4.78 is 7.45. The molecule has 3 aromatic rings. The number of hydrogen-bond donors (Lipinski definition) is 1. The number of para-hydroxylation sites is 1. The number of benzene rings is 2. The Bertz CT molecular complexity index is 1020. The quantitative estimate of drug-likeness (QED) is 0.530. The Kier molecular flexibility index (Phi) is 7.24. The van der Waals surface area contributed by atoms with E-state index in [0.29, 0.717) is 11.7 Å². The average Bonchev–Trinajstić information content (AvgIpc) is 3.27. The summed E-state index contributed by atoms with van der Waals surface area (Å²) in [6.07, 6.45) is 0. The lowest BCUT2D eigenvalue weighted by atomic mass is 10.0. The number of rotatable bonds is 8. The van der Waals surface area contributed by atoms with Crippen molar-refractivity contribution in [3.63, 3.8) is 0 Å². The maximum Gasteiger partial charge on any atom is 0.230 e. The zero-order valence-electron chi connectivity index (χ0n) is 18.5. The van der Waals surface area contributed by atoms with Crippen molar-refractivity contribution in [1.82, 2.24) is 25.0 Å². The van der Waals surface area contributed by atoms with E-state index in [1.165, 1.54) is 11.8 Å². The molecule has 1 saturated heterocycles. The predicted molar refractivity (Wildman–Crippen MR) is 127 cm³/mol. The number of ether oxygens (including phenoxy) is 1. The number of carbonyl (C=O) groups excluding carboxylic acids is 1. The Morgan fingerprint density at radius 1 is 1.03 bits per heavy atom. The summed E-state index contributed by atoms with van der Waals surface area (Å²) in [5.74, 6) is 1.02. The van der Waals surface area contributed by atoms with Crippen LogP contribution in [0.4, 0.5) is 0 Å². The topological polar surface area (TPSA) is 72.3 Å². The van der Waals surface area contributed by atoms with E-state index < -0.39 is 0 Å². The van der Waals surface area contributed by atoms with Gasteiger partial charge in [-0.15, -0.1) is 10.2 Å². The van der Waals surface area contributed by atoms with E-state index in [9.17, 15) is 4.79 Å². The summed E-state index contributed by atoms with van der Waals surface area (Å²) in [4.78, 5) is 15.0. The highest BCUT2D eigenvalue weighted by atomic mass is 32.2. The Labute approximate surface area is 193 Å². The zero-order valence-corrected chi connectivity index (χ0v) is 19.3. The summed E-state index contributed by atoms with van der Waals surface area (Å²) in [7, 11) is 0. The molecular weight excluding hydrogens is 422 g/mol. The molecule has 8 heteroatoms. The number of aromatic nitrogens is 3. The molecular formula is C24H29N5O2S. The largest absolute Gasteiger partial charge is 0.379 e. The number of nitrogens with one attached hydrogen (secondary N) is 1. The van der Waals surface area contributed by atoms with Gasteiger partial charge >= 0.3 is 0 Å². The number of nitrogens with zero attached hydrogens (tertiary/aromatic N) is 4. The van der Waals surface area contributed by atoms with Crippen LogP contribution in [0.15, 0.2) is 65.8 Å². The van der Waals surface area contributed by atoms with Gasteiger partial charge < -0.3 is 10.1 Å². The Balaban J connectivity index is 1.44. The third-order valence-electron chi connectivity index (χ3n) is 5.60. The summed E-state index contributed by atoms with van der Waals surface area (Å²) in [5, 5.41) is 12.6. The number of carbonyl (C=O) groups is 1. The van der Waals surface area contributed by atoms with E-state index in [4.69, 9.17) is 4.74 Å². The van der Waals surface area contributed by atoms with Gasteiger partial charge in [0.25, 0.3) is 0 Å². The van der Waals surface area contributed by atoms with Crippen LogP contribution >= 0.6 is 11.8 Å². The Morgan fingerprint density at radius 3 is 2.38 bits per heavy atom. The van der Waals surface area contributed by atoms with Crippen molar-refractivity contribution in [3.8, 4) is 17.1 Å². The maximum atomic E-state index is 12.6. The summed E-state index contributed by atoms with van der Waals surface area (Å²) in [5.41, 5.74) is 1.83. The van der Waals surface area contributed by atoms with E-state index in [1.807, 2.05) is 65.2 Å². The van der Waals surface area contributed by atoms with Crippen LogP contribution in [0.5, 0.6) is 0 Å². The van der Waals surface area contributed by atoms with Gasteiger partial charge in [0, 0.05) is 36.4 Å². The van der Waals surface area contributed by atoms with Crippen molar-refractivity contribution < 1.29 is 9.53 Å². The van der Waals surface area contributed by atoms with Crippen LogP contribution in [-0.4, -0.2) is 69.7 Å². The molecule has 7 nitrogen and oxygen atoms in total. The molecule has 0 radical (unpaired) electrons. The minimum atomic E-state index is -0.116. The van der Waals surface area contributed by atoms with Gasteiger partial charge in [-0.05, 0) is 26.0 Å². The first kappa shape index (κ1) is 22.5. The molecule has 32 heavy (non-hydrogen) atoms.